The molecule has 2 N–H and O–H groups in total. The van der Waals surface area contributed by atoms with Crippen molar-refractivity contribution < 1.29 is 13.3 Å². The molecule has 0 atom stereocenters. The Bertz CT molecular complexity index is 301. The van der Waals surface area contributed by atoms with Gasteiger partial charge in [0.25, 0.3) is 0 Å². The molecule has 0 aliphatic rings. The summed E-state index contributed by atoms with van der Waals surface area (Å²) in [5.41, 5.74) is 0. The van der Waals surface area contributed by atoms with Gasteiger partial charge in [-0.1, -0.05) is 18.2 Å². The van der Waals surface area contributed by atoms with E-state index < -0.39 is 9.63 Å². The lowest BCUT2D eigenvalue weighted by molar-refractivity contribution is 0.398. The molecule has 0 aliphatic carbocycles. The average molecular weight is 174 g/mol. The Labute approximate surface area is 65.1 Å². The van der Waals surface area contributed by atoms with Crippen LogP contribution in [0.15, 0.2) is 35.2 Å². The van der Waals surface area contributed by atoms with Gasteiger partial charge in [0, 0.05) is 6.26 Å². The monoisotopic (exact) mass is 174 g/mol. The van der Waals surface area contributed by atoms with Crippen LogP contribution in [0, 0.1) is 0 Å². The third kappa shape index (κ3) is 2.11. The largest absolute Gasteiger partial charge is 0.304 e. The Hall–Kier alpha value is -0.710. The molecular formula is C7H10O3S. The summed E-state index contributed by atoms with van der Waals surface area (Å²) in [6, 6.07) is 7.73. The van der Waals surface area contributed by atoms with Gasteiger partial charge in [-0.05, 0) is 12.1 Å². The molecule has 0 amide bonds. The van der Waals surface area contributed by atoms with E-state index in [1.54, 1.807) is 18.2 Å². The molecule has 11 heavy (non-hydrogen) atoms. The van der Waals surface area contributed by atoms with Crippen molar-refractivity contribution >= 4 is 9.63 Å². The molecule has 0 saturated heterocycles. The quantitative estimate of drug-likeness (QED) is 0.677. The van der Waals surface area contributed by atoms with Crippen molar-refractivity contribution in [3.05, 3.63) is 30.3 Å². The lowest BCUT2D eigenvalue weighted by Crippen LogP contribution is -2.28. The predicted octanol–water partition coefficient (Wildman–Crippen LogP) is 1.44. The molecule has 0 aliphatic heterocycles. The van der Waals surface area contributed by atoms with Crippen LogP contribution in [0.2, 0.25) is 0 Å². The normalized spacial score (nSPS) is 15.4. The van der Waals surface area contributed by atoms with Crippen molar-refractivity contribution in [2.24, 2.45) is 0 Å². The van der Waals surface area contributed by atoms with E-state index in [1.165, 1.54) is 12.1 Å². The molecule has 1 aromatic rings. The van der Waals surface area contributed by atoms with Gasteiger partial charge < -0.3 is 9.11 Å². The first kappa shape index (κ1) is 8.39. The van der Waals surface area contributed by atoms with Crippen LogP contribution in [-0.4, -0.2) is 19.6 Å². The van der Waals surface area contributed by atoms with Gasteiger partial charge >= 0.3 is 0 Å². The number of rotatable bonds is 1. The first-order chi connectivity index (χ1) is 4.86. The van der Waals surface area contributed by atoms with Crippen molar-refractivity contribution in [3.8, 4) is 0 Å². The van der Waals surface area contributed by atoms with Gasteiger partial charge in [-0.25, -0.2) is 4.21 Å². The average Bonchev–Trinajstić information content (AvgIpc) is 1.86. The zero-order valence-corrected chi connectivity index (χ0v) is 6.91. The fourth-order valence-electron chi connectivity index (χ4n) is 0.734. The zero-order valence-electron chi connectivity index (χ0n) is 6.10. The molecule has 3 nitrogen and oxygen atoms in total. The van der Waals surface area contributed by atoms with Crippen molar-refractivity contribution in [1.82, 2.24) is 0 Å². The Morgan fingerprint density at radius 3 is 1.91 bits per heavy atom. The van der Waals surface area contributed by atoms with E-state index in [2.05, 4.69) is 0 Å². The molecule has 0 saturated carbocycles. The maximum Gasteiger partial charge on any atom is 0.106 e. The van der Waals surface area contributed by atoms with E-state index in [0.717, 1.165) is 6.26 Å². The molecule has 62 valence electrons. The van der Waals surface area contributed by atoms with Crippen molar-refractivity contribution in [3.63, 3.8) is 0 Å². The zero-order chi connectivity index (χ0) is 8.56. The minimum Gasteiger partial charge on any atom is -0.304 e. The molecule has 0 heterocycles. The van der Waals surface area contributed by atoms with Gasteiger partial charge in [-0.2, -0.15) is 0 Å². The van der Waals surface area contributed by atoms with Crippen molar-refractivity contribution in [1.29, 1.82) is 0 Å². The van der Waals surface area contributed by atoms with E-state index in [9.17, 15) is 4.21 Å². The molecule has 1 aromatic carbocycles. The summed E-state index contributed by atoms with van der Waals surface area (Å²) >= 11 is 0. The van der Waals surface area contributed by atoms with E-state index in [4.69, 9.17) is 9.11 Å². The topological polar surface area (TPSA) is 57.5 Å². The van der Waals surface area contributed by atoms with Crippen LogP contribution in [0.3, 0.4) is 0 Å². The summed E-state index contributed by atoms with van der Waals surface area (Å²) in [5.74, 6) is 0. The summed E-state index contributed by atoms with van der Waals surface area (Å²) in [7, 11) is -4.51. The van der Waals surface area contributed by atoms with Gasteiger partial charge in [0.05, 0.1) is 4.90 Å². The van der Waals surface area contributed by atoms with Gasteiger partial charge in [0.2, 0.25) is 0 Å². The van der Waals surface area contributed by atoms with Crippen LogP contribution in [0.5, 0.6) is 0 Å². The highest BCUT2D eigenvalue weighted by molar-refractivity contribution is 8.09. The SMILES string of the molecule is CS(=O)(O)(O)c1ccccc1. The van der Waals surface area contributed by atoms with Crippen molar-refractivity contribution in [2.75, 3.05) is 6.26 Å². The number of hydrogen-bond acceptors (Lipinski definition) is 1. The summed E-state index contributed by atoms with van der Waals surface area (Å²) < 4.78 is 29.2. The smallest absolute Gasteiger partial charge is 0.106 e. The second-order valence-electron chi connectivity index (χ2n) is 2.55. The summed E-state index contributed by atoms with van der Waals surface area (Å²) in [6.07, 6.45) is 0.909. The highest BCUT2D eigenvalue weighted by Gasteiger charge is 2.24. The number of benzene rings is 1. The molecule has 0 unspecified atom stereocenters. The van der Waals surface area contributed by atoms with E-state index in [-0.39, 0.29) is 4.90 Å². The van der Waals surface area contributed by atoms with Crippen LogP contribution in [0.1, 0.15) is 0 Å². The van der Waals surface area contributed by atoms with Crippen LogP contribution in [0.25, 0.3) is 0 Å². The van der Waals surface area contributed by atoms with Crippen LogP contribution < -0.4 is 0 Å². The summed E-state index contributed by atoms with van der Waals surface area (Å²) in [5, 5.41) is 0. The fourth-order valence-corrected chi connectivity index (χ4v) is 1.52. The maximum atomic E-state index is 11.1. The third-order valence-electron chi connectivity index (χ3n) is 1.29. The first-order valence-corrected chi connectivity index (χ1v) is 5.34. The minimum atomic E-state index is -4.51. The van der Waals surface area contributed by atoms with Crippen LogP contribution in [0.4, 0.5) is 0 Å². The molecular weight excluding hydrogens is 164 g/mol. The molecule has 1 rings (SSSR count). The van der Waals surface area contributed by atoms with Gasteiger partial charge in [-0.3, -0.25) is 0 Å². The lowest BCUT2D eigenvalue weighted by Gasteiger charge is -2.25. The standard InChI is InChI=1S/C7H10O3S/c1-11(8,9,10)7-5-3-2-4-6-7/h2-6H,1H3,(H2,8,9,10). The predicted molar refractivity (Wildman–Crippen MR) is 44.0 cm³/mol. The molecule has 0 bridgehead atoms. The van der Waals surface area contributed by atoms with Gasteiger partial charge in [0.15, 0.2) is 0 Å². The molecule has 0 fully saturated rings. The highest BCUT2D eigenvalue weighted by Crippen LogP contribution is 2.23. The molecule has 0 aromatic heterocycles. The van der Waals surface area contributed by atoms with Crippen LogP contribution >= 0.6 is 0 Å². The van der Waals surface area contributed by atoms with Crippen molar-refractivity contribution in [2.45, 2.75) is 4.90 Å². The Morgan fingerprint density at radius 2 is 1.64 bits per heavy atom. The first-order valence-electron chi connectivity index (χ1n) is 3.05. The van der Waals surface area contributed by atoms with E-state index in [0.29, 0.717) is 0 Å². The van der Waals surface area contributed by atoms with E-state index in [1.807, 2.05) is 0 Å². The van der Waals surface area contributed by atoms with Gasteiger partial charge in [0.1, 0.15) is 9.63 Å². The highest BCUT2D eigenvalue weighted by atomic mass is 32.3. The summed E-state index contributed by atoms with van der Waals surface area (Å²) in [6.45, 7) is 0. The number of hydrogen-bond donors (Lipinski definition) is 2. The molecule has 4 heteroatoms. The second-order valence-corrected chi connectivity index (χ2v) is 5.48. The molecule has 0 radical (unpaired) electrons. The molecule has 0 spiro atoms. The Balaban J connectivity index is 3.26. The third-order valence-corrected chi connectivity index (χ3v) is 2.64. The van der Waals surface area contributed by atoms with Crippen LogP contribution in [-0.2, 0) is 9.63 Å². The fraction of sp³-hybridized carbons (Fsp3) is 0.143. The van der Waals surface area contributed by atoms with Gasteiger partial charge in [-0.15, -0.1) is 0 Å². The second kappa shape index (κ2) is 2.14. The Kier molecular flexibility index (Phi) is 1.63. The Morgan fingerprint density at radius 1 is 1.18 bits per heavy atom. The van der Waals surface area contributed by atoms with E-state index >= 15 is 0 Å². The minimum absolute atomic E-state index is 0.0458. The summed E-state index contributed by atoms with van der Waals surface area (Å²) in [4.78, 5) is 0.0458. The lowest BCUT2D eigenvalue weighted by atomic mass is 10.4. The maximum absolute atomic E-state index is 11.1.